The van der Waals surface area contributed by atoms with E-state index in [0.717, 1.165) is 15.0 Å². The summed E-state index contributed by atoms with van der Waals surface area (Å²) in [7, 11) is 0. The Morgan fingerprint density at radius 2 is 1.79 bits per heavy atom. The van der Waals surface area contributed by atoms with Crippen LogP contribution in [-0.4, -0.2) is 9.97 Å². The molecule has 72 valence electrons. The Hall–Kier alpha value is -0.680. The zero-order chi connectivity index (χ0) is 10.1. The van der Waals surface area contributed by atoms with Crippen molar-refractivity contribution in [1.29, 1.82) is 0 Å². The van der Waals surface area contributed by atoms with Gasteiger partial charge in [0.05, 0.1) is 0 Å². The summed E-state index contributed by atoms with van der Waals surface area (Å²) in [5.41, 5.74) is 0. The van der Waals surface area contributed by atoms with E-state index >= 15 is 0 Å². The van der Waals surface area contributed by atoms with Gasteiger partial charge in [0.15, 0.2) is 11.6 Å². The summed E-state index contributed by atoms with van der Waals surface area (Å²) >= 11 is 6.59. The second kappa shape index (κ2) is 3.82. The molecule has 0 spiro atoms. The molecule has 0 fully saturated rings. The van der Waals surface area contributed by atoms with Gasteiger partial charge in [-0.05, 0) is 50.9 Å². The summed E-state index contributed by atoms with van der Waals surface area (Å²) < 4.78 is 6.86. The third kappa shape index (κ3) is 2.04. The Balaban J connectivity index is 2.51. The van der Waals surface area contributed by atoms with Gasteiger partial charge in [-0.25, -0.2) is 9.97 Å². The van der Waals surface area contributed by atoms with Gasteiger partial charge in [0.25, 0.3) is 0 Å². The van der Waals surface area contributed by atoms with E-state index < -0.39 is 0 Å². The second-order valence-corrected chi connectivity index (χ2v) is 4.37. The monoisotopic (exact) mass is 316 g/mol. The third-order valence-corrected chi connectivity index (χ3v) is 2.44. The standard InChI is InChI=1S/C9H6Br2N2O/c1-5-2-3-6(14-5)9-12-7(10)4-8(11)13-9/h2-4H,1H3. The van der Waals surface area contributed by atoms with E-state index in [2.05, 4.69) is 41.8 Å². The molecule has 0 aliphatic heterocycles. The lowest BCUT2D eigenvalue weighted by atomic mass is 10.4. The summed E-state index contributed by atoms with van der Waals surface area (Å²) in [6, 6.07) is 5.51. The van der Waals surface area contributed by atoms with Crippen LogP contribution in [0.1, 0.15) is 5.76 Å². The Labute approximate surface area is 97.8 Å². The van der Waals surface area contributed by atoms with E-state index in [1.165, 1.54) is 0 Å². The minimum Gasteiger partial charge on any atom is -0.458 e. The van der Waals surface area contributed by atoms with E-state index in [9.17, 15) is 0 Å². The lowest BCUT2D eigenvalue weighted by Crippen LogP contribution is -1.88. The third-order valence-electron chi connectivity index (χ3n) is 1.62. The molecule has 0 aromatic carbocycles. The van der Waals surface area contributed by atoms with Crippen molar-refractivity contribution in [2.45, 2.75) is 6.92 Å². The van der Waals surface area contributed by atoms with E-state index in [1.54, 1.807) is 6.07 Å². The number of nitrogens with zero attached hydrogens (tertiary/aromatic N) is 2. The highest BCUT2D eigenvalue weighted by atomic mass is 79.9. The van der Waals surface area contributed by atoms with Crippen LogP contribution in [0.4, 0.5) is 0 Å². The number of halogens is 2. The molecule has 0 N–H and O–H groups in total. The molecule has 0 aliphatic rings. The van der Waals surface area contributed by atoms with Crippen LogP contribution in [0.15, 0.2) is 31.8 Å². The Morgan fingerprint density at radius 3 is 2.29 bits per heavy atom. The van der Waals surface area contributed by atoms with Crippen molar-refractivity contribution in [2.24, 2.45) is 0 Å². The van der Waals surface area contributed by atoms with Gasteiger partial charge in [0, 0.05) is 6.07 Å². The molecule has 14 heavy (non-hydrogen) atoms. The quantitative estimate of drug-likeness (QED) is 0.755. The fourth-order valence-electron chi connectivity index (χ4n) is 1.06. The second-order valence-electron chi connectivity index (χ2n) is 2.75. The first kappa shape index (κ1) is 9.86. The molecular formula is C9H6Br2N2O. The molecule has 0 atom stereocenters. The first-order chi connectivity index (χ1) is 6.65. The van der Waals surface area contributed by atoms with Crippen LogP contribution in [0.25, 0.3) is 11.6 Å². The molecule has 2 aromatic rings. The first-order valence-corrected chi connectivity index (χ1v) is 5.50. The maximum atomic E-state index is 5.41. The maximum absolute atomic E-state index is 5.41. The fourth-order valence-corrected chi connectivity index (χ4v) is 2.13. The normalized spacial score (nSPS) is 10.5. The average Bonchev–Trinajstić information content (AvgIpc) is 2.50. The molecule has 3 nitrogen and oxygen atoms in total. The van der Waals surface area contributed by atoms with Crippen LogP contribution >= 0.6 is 31.9 Å². The minimum atomic E-state index is 0.569. The van der Waals surface area contributed by atoms with Gasteiger partial charge in [-0.3, -0.25) is 0 Å². The predicted octanol–water partition coefficient (Wildman–Crippen LogP) is 3.57. The average molecular weight is 318 g/mol. The number of furan rings is 1. The van der Waals surface area contributed by atoms with Crippen molar-refractivity contribution in [1.82, 2.24) is 9.97 Å². The van der Waals surface area contributed by atoms with Crippen LogP contribution in [0.3, 0.4) is 0 Å². The van der Waals surface area contributed by atoms with Gasteiger partial charge >= 0.3 is 0 Å². The van der Waals surface area contributed by atoms with E-state index in [4.69, 9.17) is 4.42 Å². The molecule has 5 heteroatoms. The predicted molar refractivity (Wildman–Crippen MR) is 59.9 cm³/mol. The van der Waals surface area contributed by atoms with Crippen LogP contribution in [0.5, 0.6) is 0 Å². The van der Waals surface area contributed by atoms with E-state index in [1.807, 2.05) is 19.1 Å². The molecule has 0 bridgehead atoms. The molecule has 0 unspecified atom stereocenters. The zero-order valence-corrected chi connectivity index (χ0v) is 10.5. The minimum absolute atomic E-state index is 0.569. The molecule has 0 radical (unpaired) electrons. The summed E-state index contributed by atoms with van der Waals surface area (Å²) in [5, 5.41) is 0. The smallest absolute Gasteiger partial charge is 0.197 e. The summed E-state index contributed by atoms with van der Waals surface area (Å²) in [6.45, 7) is 1.89. The van der Waals surface area contributed by atoms with Gasteiger partial charge in [-0.1, -0.05) is 0 Å². The molecular weight excluding hydrogens is 312 g/mol. The maximum Gasteiger partial charge on any atom is 0.197 e. The highest BCUT2D eigenvalue weighted by Crippen LogP contribution is 2.22. The summed E-state index contributed by atoms with van der Waals surface area (Å²) in [5.74, 6) is 2.09. The highest BCUT2D eigenvalue weighted by Gasteiger charge is 2.07. The number of aryl methyl sites for hydroxylation is 1. The Kier molecular flexibility index (Phi) is 2.69. The van der Waals surface area contributed by atoms with Crippen molar-refractivity contribution in [3.63, 3.8) is 0 Å². The zero-order valence-electron chi connectivity index (χ0n) is 7.29. The topological polar surface area (TPSA) is 38.9 Å². The first-order valence-electron chi connectivity index (χ1n) is 3.92. The Morgan fingerprint density at radius 1 is 1.14 bits per heavy atom. The van der Waals surface area contributed by atoms with Crippen LogP contribution in [0, 0.1) is 6.92 Å². The number of aromatic nitrogens is 2. The Bertz CT molecular complexity index is 447. The van der Waals surface area contributed by atoms with Crippen molar-refractivity contribution >= 4 is 31.9 Å². The van der Waals surface area contributed by atoms with E-state index in [-0.39, 0.29) is 0 Å². The molecule has 2 rings (SSSR count). The van der Waals surface area contributed by atoms with Gasteiger partial charge in [0.1, 0.15) is 15.0 Å². The number of hydrogen-bond acceptors (Lipinski definition) is 3. The van der Waals surface area contributed by atoms with Crippen LogP contribution < -0.4 is 0 Å². The highest BCUT2D eigenvalue weighted by molar-refractivity contribution is 9.11. The molecule has 0 aliphatic carbocycles. The number of rotatable bonds is 1. The van der Waals surface area contributed by atoms with Crippen LogP contribution in [-0.2, 0) is 0 Å². The van der Waals surface area contributed by atoms with Crippen molar-refractivity contribution in [2.75, 3.05) is 0 Å². The number of hydrogen-bond donors (Lipinski definition) is 0. The SMILES string of the molecule is Cc1ccc(-c2nc(Br)cc(Br)n2)o1. The fraction of sp³-hybridized carbons (Fsp3) is 0.111. The van der Waals surface area contributed by atoms with Gasteiger partial charge in [-0.2, -0.15) is 0 Å². The largest absolute Gasteiger partial charge is 0.458 e. The van der Waals surface area contributed by atoms with Crippen molar-refractivity contribution < 1.29 is 4.42 Å². The van der Waals surface area contributed by atoms with Crippen molar-refractivity contribution in [3.05, 3.63) is 33.2 Å². The van der Waals surface area contributed by atoms with Gasteiger partial charge in [0.2, 0.25) is 0 Å². The summed E-state index contributed by atoms with van der Waals surface area (Å²) in [4.78, 5) is 8.40. The molecule has 0 saturated heterocycles. The van der Waals surface area contributed by atoms with E-state index in [0.29, 0.717) is 11.6 Å². The lowest BCUT2D eigenvalue weighted by Gasteiger charge is -1.97. The van der Waals surface area contributed by atoms with Crippen LogP contribution in [0.2, 0.25) is 0 Å². The van der Waals surface area contributed by atoms with Crippen molar-refractivity contribution in [3.8, 4) is 11.6 Å². The van der Waals surface area contributed by atoms with Gasteiger partial charge in [-0.15, -0.1) is 0 Å². The lowest BCUT2D eigenvalue weighted by molar-refractivity contribution is 0.543. The molecule has 2 heterocycles. The molecule has 0 saturated carbocycles. The van der Waals surface area contributed by atoms with Gasteiger partial charge < -0.3 is 4.42 Å². The molecule has 0 amide bonds. The molecule has 2 aromatic heterocycles. The summed E-state index contributed by atoms with van der Waals surface area (Å²) in [6.07, 6.45) is 0.